The van der Waals surface area contributed by atoms with Crippen LogP contribution in [0.15, 0.2) is 47.6 Å². The lowest BCUT2D eigenvalue weighted by Crippen LogP contribution is -2.15. The number of para-hydroxylation sites is 1. The molecule has 3 rings (SSSR count). The SMILES string of the molecule is CCCOC(=O)c1cccc(NC(=O)CSc2n[nH]c(COc3c(C)cccc3C)n2)c1. The summed E-state index contributed by atoms with van der Waals surface area (Å²) in [5, 5.41) is 10.2. The monoisotopic (exact) mass is 454 g/mol. The molecule has 0 spiro atoms. The maximum absolute atomic E-state index is 12.3. The number of thioether (sulfide) groups is 1. The van der Waals surface area contributed by atoms with Crippen LogP contribution in [-0.2, 0) is 16.1 Å². The molecule has 1 heterocycles. The molecular weight excluding hydrogens is 428 g/mol. The van der Waals surface area contributed by atoms with Gasteiger partial charge in [0.15, 0.2) is 5.82 Å². The van der Waals surface area contributed by atoms with Crippen LogP contribution < -0.4 is 10.1 Å². The van der Waals surface area contributed by atoms with Crippen LogP contribution in [0, 0.1) is 13.8 Å². The normalized spacial score (nSPS) is 10.6. The lowest BCUT2D eigenvalue weighted by molar-refractivity contribution is -0.113. The van der Waals surface area contributed by atoms with Gasteiger partial charge in [-0.1, -0.05) is 43.0 Å². The van der Waals surface area contributed by atoms with Crippen molar-refractivity contribution in [2.24, 2.45) is 0 Å². The van der Waals surface area contributed by atoms with Gasteiger partial charge < -0.3 is 14.8 Å². The molecule has 168 valence electrons. The highest BCUT2D eigenvalue weighted by molar-refractivity contribution is 7.99. The Kier molecular flexibility index (Phi) is 8.27. The number of anilines is 1. The average molecular weight is 455 g/mol. The molecule has 32 heavy (non-hydrogen) atoms. The van der Waals surface area contributed by atoms with Gasteiger partial charge in [0, 0.05) is 5.69 Å². The summed E-state index contributed by atoms with van der Waals surface area (Å²) in [5.74, 6) is 0.896. The van der Waals surface area contributed by atoms with Crippen molar-refractivity contribution in [1.82, 2.24) is 15.2 Å². The summed E-state index contributed by atoms with van der Waals surface area (Å²) < 4.78 is 11.0. The summed E-state index contributed by atoms with van der Waals surface area (Å²) in [5.41, 5.74) is 3.03. The van der Waals surface area contributed by atoms with Gasteiger partial charge in [0.05, 0.1) is 17.9 Å². The van der Waals surface area contributed by atoms with Crippen LogP contribution in [0.25, 0.3) is 0 Å². The van der Waals surface area contributed by atoms with Crippen LogP contribution in [0.3, 0.4) is 0 Å². The summed E-state index contributed by atoms with van der Waals surface area (Å²) in [6, 6.07) is 12.6. The largest absolute Gasteiger partial charge is 0.485 e. The number of H-pyrrole nitrogens is 1. The predicted octanol–water partition coefficient (Wildman–Crippen LogP) is 4.30. The van der Waals surface area contributed by atoms with E-state index in [1.807, 2.05) is 39.0 Å². The number of hydrogen-bond donors (Lipinski definition) is 2. The summed E-state index contributed by atoms with van der Waals surface area (Å²) >= 11 is 1.21. The summed E-state index contributed by atoms with van der Waals surface area (Å²) in [6.45, 7) is 6.53. The number of amides is 1. The molecule has 0 saturated heterocycles. The maximum Gasteiger partial charge on any atom is 0.338 e. The molecule has 0 bridgehead atoms. The maximum atomic E-state index is 12.3. The fourth-order valence-electron chi connectivity index (χ4n) is 2.90. The number of benzene rings is 2. The van der Waals surface area contributed by atoms with Gasteiger partial charge in [-0.15, -0.1) is 5.10 Å². The van der Waals surface area contributed by atoms with E-state index in [4.69, 9.17) is 9.47 Å². The van der Waals surface area contributed by atoms with Crippen molar-refractivity contribution in [3.05, 3.63) is 65.0 Å². The van der Waals surface area contributed by atoms with Crippen LogP contribution in [0.1, 0.15) is 40.7 Å². The second kappa shape index (κ2) is 11.3. The number of esters is 1. The fraction of sp³-hybridized carbons (Fsp3) is 0.304. The molecule has 8 nitrogen and oxygen atoms in total. The highest BCUT2D eigenvalue weighted by Crippen LogP contribution is 2.23. The highest BCUT2D eigenvalue weighted by Gasteiger charge is 2.12. The van der Waals surface area contributed by atoms with Crippen molar-refractivity contribution in [1.29, 1.82) is 0 Å². The van der Waals surface area contributed by atoms with E-state index in [1.165, 1.54) is 11.8 Å². The third kappa shape index (κ3) is 6.58. The number of aromatic amines is 1. The Labute approximate surface area is 191 Å². The zero-order valence-electron chi connectivity index (χ0n) is 18.3. The summed E-state index contributed by atoms with van der Waals surface area (Å²) in [4.78, 5) is 28.6. The van der Waals surface area contributed by atoms with Crippen molar-refractivity contribution in [3.63, 3.8) is 0 Å². The number of hydrogen-bond acceptors (Lipinski definition) is 7. The minimum Gasteiger partial charge on any atom is -0.485 e. The average Bonchev–Trinajstić information content (AvgIpc) is 3.24. The fourth-order valence-corrected chi connectivity index (χ4v) is 3.52. The Morgan fingerprint density at radius 2 is 1.88 bits per heavy atom. The minimum absolute atomic E-state index is 0.125. The molecule has 0 aliphatic heterocycles. The van der Waals surface area contributed by atoms with Crippen molar-refractivity contribution >= 4 is 29.3 Å². The molecule has 0 fully saturated rings. The summed E-state index contributed by atoms with van der Waals surface area (Å²) in [7, 11) is 0. The minimum atomic E-state index is -0.409. The second-order valence-electron chi connectivity index (χ2n) is 7.13. The Bertz CT molecular complexity index is 1060. The molecule has 0 atom stereocenters. The van der Waals surface area contributed by atoms with Crippen LogP contribution >= 0.6 is 11.8 Å². The summed E-state index contributed by atoms with van der Waals surface area (Å²) in [6.07, 6.45) is 0.750. The Morgan fingerprint density at radius 3 is 2.62 bits per heavy atom. The third-order valence-corrected chi connectivity index (χ3v) is 5.27. The number of rotatable bonds is 10. The van der Waals surface area contributed by atoms with E-state index in [0.29, 0.717) is 28.8 Å². The van der Waals surface area contributed by atoms with Crippen LogP contribution in [-0.4, -0.2) is 39.4 Å². The molecule has 0 unspecified atom stereocenters. The lowest BCUT2D eigenvalue weighted by Gasteiger charge is -2.10. The van der Waals surface area contributed by atoms with Crippen molar-refractivity contribution in [2.45, 2.75) is 39.0 Å². The zero-order valence-corrected chi connectivity index (χ0v) is 19.1. The first-order chi connectivity index (χ1) is 15.5. The first kappa shape index (κ1) is 23.3. The van der Waals surface area contributed by atoms with Gasteiger partial charge in [-0.25, -0.2) is 9.78 Å². The number of nitrogens with zero attached hydrogens (tertiary/aromatic N) is 2. The predicted molar refractivity (Wildman–Crippen MR) is 123 cm³/mol. The number of carbonyl (C=O) groups is 2. The van der Waals surface area contributed by atoms with E-state index in [2.05, 4.69) is 20.5 Å². The lowest BCUT2D eigenvalue weighted by atomic mass is 10.1. The quantitative estimate of drug-likeness (QED) is 0.347. The molecule has 9 heteroatoms. The smallest absolute Gasteiger partial charge is 0.338 e. The molecule has 1 aromatic heterocycles. The third-order valence-electron chi connectivity index (χ3n) is 4.42. The number of carbonyl (C=O) groups excluding carboxylic acids is 2. The molecule has 0 aliphatic rings. The van der Waals surface area contributed by atoms with Gasteiger partial charge in [0.25, 0.3) is 0 Å². The number of aromatic nitrogens is 3. The van der Waals surface area contributed by atoms with E-state index in [1.54, 1.807) is 24.3 Å². The molecule has 2 N–H and O–H groups in total. The first-order valence-electron chi connectivity index (χ1n) is 10.3. The van der Waals surface area contributed by atoms with Gasteiger partial charge in [0.1, 0.15) is 12.4 Å². The standard InChI is InChI=1S/C23H26N4O4S/c1-4-11-30-22(29)17-9-6-10-18(12-17)24-20(28)14-32-23-25-19(26-27-23)13-31-21-15(2)7-5-8-16(21)3/h5-10,12H,4,11,13-14H2,1-3H3,(H,24,28)(H,25,26,27). The molecule has 0 radical (unpaired) electrons. The van der Waals surface area contributed by atoms with E-state index in [-0.39, 0.29) is 18.3 Å². The Balaban J connectivity index is 1.48. The second-order valence-corrected chi connectivity index (χ2v) is 8.07. The zero-order chi connectivity index (χ0) is 22.9. The van der Waals surface area contributed by atoms with Gasteiger partial charge in [-0.3, -0.25) is 9.89 Å². The molecule has 1 amide bonds. The van der Waals surface area contributed by atoms with E-state index in [9.17, 15) is 9.59 Å². The van der Waals surface area contributed by atoms with E-state index < -0.39 is 5.97 Å². The number of ether oxygens (including phenoxy) is 2. The van der Waals surface area contributed by atoms with Crippen LogP contribution in [0.4, 0.5) is 5.69 Å². The van der Waals surface area contributed by atoms with Crippen molar-refractivity contribution < 1.29 is 19.1 Å². The molecule has 3 aromatic rings. The van der Waals surface area contributed by atoms with Crippen LogP contribution in [0.5, 0.6) is 5.75 Å². The molecule has 2 aromatic carbocycles. The van der Waals surface area contributed by atoms with Gasteiger partial charge >= 0.3 is 5.97 Å². The van der Waals surface area contributed by atoms with Gasteiger partial charge in [0.2, 0.25) is 11.1 Å². The Hall–Kier alpha value is -3.33. The van der Waals surface area contributed by atoms with Gasteiger partial charge in [-0.2, -0.15) is 0 Å². The first-order valence-corrected chi connectivity index (χ1v) is 11.2. The topological polar surface area (TPSA) is 106 Å². The molecule has 0 saturated carbocycles. The van der Waals surface area contributed by atoms with E-state index in [0.717, 1.165) is 23.3 Å². The number of aryl methyl sites for hydroxylation is 2. The molecular formula is C23H26N4O4S. The Morgan fingerprint density at radius 1 is 1.12 bits per heavy atom. The van der Waals surface area contributed by atoms with Crippen molar-refractivity contribution in [2.75, 3.05) is 17.7 Å². The van der Waals surface area contributed by atoms with Gasteiger partial charge in [-0.05, 0) is 49.6 Å². The van der Waals surface area contributed by atoms with E-state index >= 15 is 0 Å². The van der Waals surface area contributed by atoms with Crippen molar-refractivity contribution in [3.8, 4) is 5.75 Å². The van der Waals surface area contributed by atoms with Crippen LogP contribution in [0.2, 0.25) is 0 Å². The molecule has 0 aliphatic carbocycles. The number of nitrogens with one attached hydrogen (secondary N) is 2. The highest BCUT2D eigenvalue weighted by atomic mass is 32.2.